The Balaban J connectivity index is 2.46. The molecule has 0 saturated carbocycles. The van der Waals surface area contributed by atoms with E-state index in [0.717, 1.165) is 11.1 Å². The van der Waals surface area contributed by atoms with Crippen LogP contribution in [0.15, 0.2) is 78.9 Å². The fourth-order valence-electron chi connectivity index (χ4n) is 3.70. The first-order chi connectivity index (χ1) is 13.7. The highest BCUT2D eigenvalue weighted by Gasteiger charge is 2.63. The van der Waals surface area contributed by atoms with E-state index in [2.05, 4.69) is 0 Å². The maximum Gasteiger partial charge on any atom is 0.404 e. The van der Waals surface area contributed by atoms with Crippen LogP contribution in [0.25, 0.3) is 0 Å². The van der Waals surface area contributed by atoms with Crippen molar-refractivity contribution in [2.75, 3.05) is 6.54 Å². The molecule has 0 amide bonds. The van der Waals surface area contributed by atoms with Gasteiger partial charge >= 0.3 is 6.18 Å². The van der Waals surface area contributed by atoms with E-state index in [1.54, 1.807) is 42.5 Å². The van der Waals surface area contributed by atoms with Crippen molar-refractivity contribution >= 4 is 28.5 Å². The summed E-state index contributed by atoms with van der Waals surface area (Å²) >= 11 is 6.10. The van der Waals surface area contributed by atoms with Gasteiger partial charge in [0.05, 0.1) is 0 Å². The summed E-state index contributed by atoms with van der Waals surface area (Å²) in [6.07, 6.45) is -4.63. The van der Waals surface area contributed by atoms with Crippen LogP contribution < -0.4 is 16.3 Å². The van der Waals surface area contributed by atoms with Gasteiger partial charge in [-0.15, -0.1) is 0 Å². The quantitative estimate of drug-likeness (QED) is 0.563. The first-order valence-electron chi connectivity index (χ1n) is 9.24. The van der Waals surface area contributed by atoms with Gasteiger partial charge in [-0.2, -0.15) is 13.2 Å². The number of benzene rings is 3. The van der Waals surface area contributed by atoms with Crippen LogP contribution in [0.2, 0.25) is 0 Å². The van der Waals surface area contributed by atoms with Gasteiger partial charge in [-0.05, 0) is 30.0 Å². The van der Waals surface area contributed by atoms with Gasteiger partial charge in [-0.1, -0.05) is 102 Å². The standard InChI is InChI=1S/C23H23F3NPS/c1-17-8-12-20(13-9-17)28(29,21-14-10-18(2)11-15-21)22(16-27,23(24,25)26)19-6-4-3-5-7-19/h3-15H,16,27H2,1-2H3/t22-/m1/s1. The Kier molecular flexibility index (Phi) is 6.05. The number of halogens is 3. The molecule has 6 heteroatoms. The maximum atomic E-state index is 15.0. The minimum absolute atomic E-state index is 0.111. The molecule has 0 radical (unpaired) electrons. The lowest BCUT2D eigenvalue weighted by Gasteiger charge is -2.45. The Morgan fingerprint density at radius 3 is 1.52 bits per heavy atom. The summed E-state index contributed by atoms with van der Waals surface area (Å²) in [6, 6.07) is 18.6. The Bertz CT molecular complexity index is 965. The summed E-state index contributed by atoms with van der Waals surface area (Å²) in [5.74, 6) is 0. The van der Waals surface area contributed by atoms with E-state index in [-0.39, 0.29) is 5.56 Å². The lowest BCUT2D eigenvalue weighted by atomic mass is 9.97. The molecule has 0 saturated heterocycles. The van der Waals surface area contributed by atoms with Gasteiger partial charge in [0.1, 0.15) is 5.16 Å². The average molecular weight is 433 g/mol. The highest BCUT2D eigenvalue weighted by molar-refractivity contribution is 8.22. The molecular formula is C23H23F3NPS. The predicted molar refractivity (Wildman–Crippen MR) is 119 cm³/mol. The second-order valence-electron chi connectivity index (χ2n) is 7.21. The molecule has 0 aromatic heterocycles. The van der Waals surface area contributed by atoms with E-state index in [1.807, 2.05) is 38.1 Å². The van der Waals surface area contributed by atoms with Crippen molar-refractivity contribution in [1.29, 1.82) is 0 Å². The highest BCUT2D eigenvalue weighted by Crippen LogP contribution is 2.67. The average Bonchev–Trinajstić information content (AvgIpc) is 2.69. The number of rotatable bonds is 5. The third-order valence-electron chi connectivity index (χ3n) is 5.35. The summed E-state index contributed by atoms with van der Waals surface area (Å²) in [7, 11) is 0. The summed E-state index contributed by atoms with van der Waals surface area (Å²) in [4.78, 5) is 0. The van der Waals surface area contributed by atoms with Crippen LogP contribution in [0.3, 0.4) is 0 Å². The molecule has 1 atom stereocenters. The molecule has 0 bridgehead atoms. The molecule has 0 fully saturated rings. The summed E-state index contributed by atoms with van der Waals surface area (Å²) < 4.78 is 44.9. The second-order valence-corrected chi connectivity index (χ2v) is 11.9. The van der Waals surface area contributed by atoms with Gasteiger partial charge in [0, 0.05) is 12.6 Å². The van der Waals surface area contributed by atoms with E-state index >= 15 is 0 Å². The second kappa shape index (κ2) is 8.06. The topological polar surface area (TPSA) is 26.0 Å². The summed E-state index contributed by atoms with van der Waals surface area (Å²) in [5.41, 5.74) is 8.02. The molecule has 0 aliphatic rings. The lowest BCUT2D eigenvalue weighted by molar-refractivity contribution is -0.161. The van der Waals surface area contributed by atoms with Crippen molar-refractivity contribution in [2.24, 2.45) is 5.73 Å². The van der Waals surface area contributed by atoms with Gasteiger partial charge in [-0.25, -0.2) is 0 Å². The van der Waals surface area contributed by atoms with Gasteiger partial charge < -0.3 is 5.73 Å². The van der Waals surface area contributed by atoms with Gasteiger partial charge in [0.25, 0.3) is 0 Å². The van der Waals surface area contributed by atoms with Crippen LogP contribution in [0.5, 0.6) is 0 Å². The first kappa shape index (κ1) is 21.8. The van der Waals surface area contributed by atoms with E-state index < -0.39 is 23.9 Å². The van der Waals surface area contributed by atoms with Crippen LogP contribution in [0.1, 0.15) is 16.7 Å². The fraction of sp³-hybridized carbons (Fsp3) is 0.217. The monoisotopic (exact) mass is 433 g/mol. The molecule has 0 unspecified atom stereocenters. The highest BCUT2D eigenvalue weighted by atomic mass is 32.4. The van der Waals surface area contributed by atoms with Crippen molar-refractivity contribution in [3.63, 3.8) is 0 Å². The van der Waals surface area contributed by atoms with E-state index in [1.165, 1.54) is 12.1 Å². The fourth-order valence-corrected chi connectivity index (χ4v) is 8.72. The van der Waals surface area contributed by atoms with Crippen molar-refractivity contribution in [3.8, 4) is 0 Å². The predicted octanol–water partition coefficient (Wildman–Crippen LogP) is 5.15. The number of hydrogen-bond acceptors (Lipinski definition) is 2. The Hall–Kier alpha value is -1.94. The molecule has 2 N–H and O–H groups in total. The van der Waals surface area contributed by atoms with Crippen molar-refractivity contribution < 1.29 is 13.2 Å². The van der Waals surface area contributed by atoms with E-state index in [9.17, 15) is 13.2 Å². The molecule has 152 valence electrons. The van der Waals surface area contributed by atoms with Gasteiger partial charge in [0.2, 0.25) is 0 Å². The lowest BCUT2D eigenvalue weighted by Crippen LogP contribution is -2.52. The molecule has 29 heavy (non-hydrogen) atoms. The van der Waals surface area contributed by atoms with Crippen molar-refractivity contribution in [2.45, 2.75) is 25.2 Å². The zero-order valence-electron chi connectivity index (χ0n) is 16.3. The van der Waals surface area contributed by atoms with Crippen LogP contribution in [-0.4, -0.2) is 12.7 Å². The summed E-state index contributed by atoms with van der Waals surface area (Å²) in [5, 5.41) is -1.36. The molecule has 3 aromatic rings. The van der Waals surface area contributed by atoms with Gasteiger partial charge in [-0.3, -0.25) is 0 Å². The molecule has 0 heterocycles. The van der Waals surface area contributed by atoms with E-state index in [4.69, 9.17) is 17.5 Å². The number of hydrogen-bond donors (Lipinski definition) is 1. The first-order valence-corrected chi connectivity index (χ1v) is 12.0. The smallest absolute Gasteiger partial charge is 0.329 e. The Morgan fingerprint density at radius 1 is 0.759 bits per heavy atom. The van der Waals surface area contributed by atoms with Crippen LogP contribution in [0.4, 0.5) is 13.2 Å². The van der Waals surface area contributed by atoms with Gasteiger partial charge in [0.15, 0.2) is 0 Å². The SMILES string of the molecule is Cc1ccc(P(=S)(c2ccc(C)cc2)[C@](CN)(c2ccccc2)C(F)(F)F)cc1. The van der Waals surface area contributed by atoms with Crippen LogP contribution in [-0.2, 0) is 17.0 Å². The van der Waals surface area contributed by atoms with Crippen molar-refractivity contribution in [3.05, 3.63) is 95.6 Å². The molecule has 1 nitrogen and oxygen atoms in total. The Labute approximate surface area is 174 Å². The zero-order chi connectivity index (χ0) is 21.3. The maximum absolute atomic E-state index is 15.0. The van der Waals surface area contributed by atoms with Crippen LogP contribution >= 0.6 is 6.04 Å². The summed E-state index contributed by atoms with van der Waals surface area (Å²) in [6.45, 7) is 3.17. The Morgan fingerprint density at radius 2 is 1.17 bits per heavy atom. The normalized spacial score (nSPS) is 14.4. The minimum atomic E-state index is -4.63. The van der Waals surface area contributed by atoms with Crippen LogP contribution in [0, 0.1) is 13.8 Å². The van der Waals surface area contributed by atoms with E-state index in [0.29, 0.717) is 10.6 Å². The molecular weight excluding hydrogens is 410 g/mol. The van der Waals surface area contributed by atoms with Crippen molar-refractivity contribution in [1.82, 2.24) is 0 Å². The molecule has 3 aromatic carbocycles. The number of nitrogens with two attached hydrogens (primary N) is 1. The molecule has 3 rings (SSSR count). The zero-order valence-corrected chi connectivity index (χ0v) is 18.0. The third-order valence-corrected chi connectivity index (χ3v) is 11.4. The molecule has 0 aliphatic carbocycles. The number of aryl methyl sites for hydroxylation is 2. The molecule has 0 spiro atoms. The minimum Gasteiger partial charge on any atom is -0.329 e. The number of alkyl halides is 3. The largest absolute Gasteiger partial charge is 0.404 e. The third kappa shape index (κ3) is 3.56. The molecule has 0 aliphatic heterocycles.